The molecular weight excluding hydrogens is 1800 g/mol. The topological polar surface area (TPSA) is 52.2 Å². The molecule has 0 saturated heterocycles. The Labute approximate surface area is 848 Å². The molecule has 6 heterocycles. The number of aromatic nitrogens is 3. The number of rotatable bonds is 13. The van der Waals surface area contributed by atoms with Crippen molar-refractivity contribution in [3.63, 3.8) is 0 Å². The maximum absolute atomic E-state index is 13.9. The van der Waals surface area contributed by atoms with Gasteiger partial charge < -0.3 is 42.6 Å². The molecule has 0 N–H and O–H groups in total. The average Bonchev–Trinajstić information content (AvgIpc) is 1.50. The molecule has 0 amide bonds. The maximum atomic E-state index is 13.9. The van der Waals surface area contributed by atoms with E-state index >= 15 is 0 Å². The number of hydrogen-bond donors (Lipinski definition) is 0. The number of aryl methyl sites for hydroxylation is 3. The van der Waals surface area contributed by atoms with Crippen molar-refractivity contribution in [2.24, 2.45) is 0 Å². The smallest absolute Gasteiger partial charge is 0.137 e. The van der Waals surface area contributed by atoms with Gasteiger partial charge in [0, 0.05) is 145 Å². The summed E-state index contributed by atoms with van der Waals surface area (Å²) >= 11 is 0. The summed E-state index contributed by atoms with van der Waals surface area (Å²) in [6.45, 7) is 6.61. The van der Waals surface area contributed by atoms with E-state index in [1.807, 2.05) is 12.1 Å². The van der Waals surface area contributed by atoms with Crippen LogP contribution in [0.5, 0.6) is 34.5 Å². The average molecular weight is 1890 g/mol. The summed E-state index contributed by atoms with van der Waals surface area (Å²) in [6, 6.07) is 176. The van der Waals surface area contributed by atoms with Crippen LogP contribution in [0.3, 0.4) is 0 Å². The maximum Gasteiger partial charge on any atom is 0.137 e. The SMILES string of the molecule is Cc1cc(C)c(-n2c3ccccc3c3cc(N(c4ccccc4)c4ccc5c(c4)Oc4cccc6cccc-5c46)ccc32)c(C)c1.Fc1ccc(-n2c3ccccc3c3cc(N(c4ccc5c(c4)Oc4cccc6cccc-5c46)c4cccc5ccccc45)ccc32)cc1.c1ccc(-c2ccc(N(c3ccc4c(c3)Oc3cccc5cccc-4c35)c3ccc4c(c3)c3ccccc3n4-c3cccc4ccccc34)cc2)cc1. The van der Waals surface area contributed by atoms with Crippen LogP contribution in [0.15, 0.2) is 497 Å². The normalized spacial score (nSPS) is 12.0. The highest BCUT2D eigenvalue weighted by atomic mass is 19.1. The van der Waals surface area contributed by atoms with E-state index in [2.05, 4.69) is 522 Å². The highest BCUT2D eigenvalue weighted by Gasteiger charge is 2.31. The summed E-state index contributed by atoms with van der Waals surface area (Å²) in [5.41, 5.74) is 32.9. The zero-order valence-corrected chi connectivity index (χ0v) is 80.6. The molecule has 3 aliphatic heterocycles. The quantitative estimate of drug-likeness (QED) is 0.115. The molecule has 0 aliphatic carbocycles. The highest BCUT2D eigenvalue weighted by Crippen LogP contribution is 2.56. The molecule has 0 atom stereocenters. The summed E-state index contributed by atoms with van der Waals surface area (Å²) < 4.78 is 40.9. The van der Waals surface area contributed by atoms with Crippen LogP contribution in [0.1, 0.15) is 16.7 Å². The van der Waals surface area contributed by atoms with Gasteiger partial charge in [-0.1, -0.05) is 297 Å². The number of benzene rings is 24. The number of anilines is 9. The Morgan fingerprint density at radius 2 is 0.537 bits per heavy atom. The Hall–Kier alpha value is -19.3. The molecule has 3 aliphatic rings. The van der Waals surface area contributed by atoms with Gasteiger partial charge in [-0.2, -0.15) is 0 Å². The van der Waals surface area contributed by atoms with Gasteiger partial charge in [-0.25, -0.2) is 4.39 Å². The molecule has 0 bridgehead atoms. The molecule has 3 aromatic heterocycles. The van der Waals surface area contributed by atoms with Crippen LogP contribution in [0.2, 0.25) is 0 Å². The van der Waals surface area contributed by atoms with Crippen LogP contribution in [0, 0.1) is 26.6 Å². The van der Waals surface area contributed by atoms with Crippen molar-refractivity contribution >= 4 is 170 Å². The van der Waals surface area contributed by atoms with Crippen molar-refractivity contribution in [2.75, 3.05) is 14.7 Å². The second-order valence-corrected chi connectivity index (χ2v) is 38.5. The fourth-order valence-electron chi connectivity index (χ4n) is 23.4. The molecule has 0 saturated carbocycles. The fourth-order valence-corrected chi connectivity index (χ4v) is 23.4. The second-order valence-electron chi connectivity index (χ2n) is 38.5. The van der Waals surface area contributed by atoms with Gasteiger partial charge in [0.2, 0.25) is 0 Å². The number of ether oxygens (including phenoxy) is 3. The number of para-hydroxylation sites is 4. The van der Waals surface area contributed by atoms with Gasteiger partial charge in [0.15, 0.2) is 0 Å². The molecule has 9 nitrogen and oxygen atoms in total. The van der Waals surface area contributed by atoms with Gasteiger partial charge in [-0.15, -0.1) is 0 Å². The van der Waals surface area contributed by atoms with Crippen LogP contribution >= 0.6 is 0 Å². The Bertz CT molecular complexity index is 10000. The first-order valence-corrected chi connectivity index (χ1v) is 50.1. The second kappa shape index (κ2) is 34.8. The largest absolute Gasteiger partial charge is 0.456 e. The van der Waals surface area contributed by atoms with Gasteiger partial charge in [0.1, 0.15) is 40.3 Å². The zero-order chi connectivity index (χ0) is 97.6. The summed E-state index contributed by atoms with van der Waals surface area (Å²) in [5.74, 6) is 4.98. The van der Waals surface area contributed by atoms with Crippen molar-refractivity contribution in [2.45, 2.75) is 20.8 Å². The van der Waals surface area contributed by atoms with E-state index in [-0.39, 0.29) is 5.82 Å². The third-order valence-electron chi connectivity index (χ3n) is 29.7. The molecule has 147 heavy (non-hydrogen) atoms. The minimum absolute atomic E-state index is 0.248. The number of hydrogen-bond acceptors (Lipinski definition) is 6. The van der Waals surface area contributed by atoms with E-state index < -0.39 is 0 Å². The molecule has 694 valence electrons. The highest BCUT2D eigenvalue weighted by molar-refractivity contribution is 6.16. The van der Waals surface area contributed by atoms with E-state index in [0.717, 1.165) is 146 Å². The van der Waals surface area contributed by atoms with Crippen LogP contribution in [-0.4, -0.2) is 13.7 Å². The molecule has 0 spiro atoms. The number of fused-ring (bicyclic) bond motifs is 17. The zero-order valence-electron chi connectivity index (χ0n) is 80.6. The molecule has 30 rings (SSSR count). The Balaban J connectivity index is 0.000000107. The molecular formula is C137H91FN6O3. The van der Waals surface area contributed by atoms with Crippen molar-refractivity contribution < 1.29 is 18.6 Å². The lowest BCUT2D eigenvalue weighted by Gasteiger charge is -2.29. The van der Waals surface area contributed by atoms with E-state index in [1.54, 1.807) is 0 Å². The molecule has 0 unspecified atom stereocenters. The lowest BCUT2D eigenvalue weighted by Crippen LogP contribution is -2.11. The van der Waals surface area contributed by atoms with Gasteiger partial charge >= 0.3 is 0 Å². The van der Waals surface area contributed by atoms with Crippen LogP contribution in [0.4, 0.5) is 55.6 Å². The lowest BCUT2D eigenvalue weighted by molar-refractivity contribution is 0.487. The first-order chi connectivity index (χ1) is 72.5. The standard InChI is InChI=1S/C50H32N2O.C44H27FN2O.C43H32N2O/c1-2-11-33(12-3-1)34-23-25-37(26-24-34)51(39-27-29-42-43-19-8-15-36-16-10-22-48(50(36)43)53-49(42)32-39)38-28-30-47-44(31-38)41-18-6-7-20-46(41)52(47)45-21-9-14-35-13-4-5-17-40(35)45;45-30-18-20-31(21-19-30)47-40-15-4-3-13-35(40)38-26-32(23-25-41(38)47)46(39-16-6-9-28-8-1-2-12-34(28)39)33-22-24-36-37-14-5-10-29-11-7-17-42(44(29)37)48-43(36)27-33;1-27-23-28(2)43(29(3)24-27)45-38-17-8-7-15-34(38)37-25-32(20-22-39(37)45)44(31-13-5-4-6-14-31)33-19-21-35-36-16-9-11-30-12-10-18-40(42(30)36)46-41(35)26-33/h1-32H;1-27H;4-26H,1-3H3. The summed E-state index contributed by atoms with van der Waals surface area (Å²) in [4.78, 5) is 7.01. The van der Waals surface area contributed by atoms with Crippen molar-refractivity contribution in [3.8, 4) is 96.1 Å². The Morgan fingerprint density at radius 1 is 0.204 bits per heavy atom. The number of halogens is 1. The fraction of sp³-hybridized carbons (Fsp3) is 0.0219. The van der Waals surface area contributed by atoms with Gasteiger partial charge in [0.25, 0.3) is 0 Å². The Morgan fingerprint density at radius 3 is 1.03 bits per heavy atom. The van der Waals surface area contributed by atoms with Crippen molar-refractivity contribution in [1.82, 2.24) is 13.7 Å². The van der Waals surface area contributed by atoms with Crippen molar-refractivity contribution in [3.05, 3.63) is 520 Å². The molecule has 0 fully saturated rings. The summed E-state index contributed by atoms with van der Waals surface area (Å²) in [7, 11) is 0. The molecule has 10 heteroatoms. The molecule has 27 aromatic rings. The molecule has 24 aromatic carbocycles. The van der Waals surface area contributed by atoms with E-state index in [0.29, 0.717) is 0 Å². The third kappa shape index (κ3) is 14.4. The third-order valence-corrected chi connectivity index (χ3v) is 29.7. The van der Waals surface area contributed by atoms with Crippen LogP contribution in [0.25, 0.3) is 181 Å². The Kier molecular flexibility index (Phi) is 20.3. The predicted molar refractivity (Wildman–Crippen MR) is 610 cm³/mol. The lowest BCUT2D eigenvalue weighted by atomic mass is 9.94. The summed E-state index contributed by atoms with van der Waals surface area (Å²) in [5, 5.41) is 19.0. The van der Waals surface area contributed by atoms with Crippen LogP contribution in [-0.2, 0) is 0 Å². The van der Waals surface area contributed by atoms with E-state index in [9.17, 15) is 4.39 Å². The van der Waals surface area contributed by atoms with Gasteiger partial charge in [-0.3, -0.25) is 0 Å². The first kappa shape index (κ1) is 85.7. The number of nitrogens with zero attached hydrogens (tertiary/aromatic N) is 6. The monoisotopic (exact) mass is 1890 g/mol. The minimum Gasteiger partial charge on any atom is -0.456 e. The van der Waals surface area contributed by atoms with Gasteiger partial charge in [0.05, 0.1) is 50.2 Å². The van der Waals surface area contributed by atoms with Crippen molar-refractivity contribution in [1.29, 1.82) is 0 Å². The van der Waals surface area contributed by atoms with Gasteiger partial charge in [-0.05, 0) is 275 Å². The molecule has 0 radical (unpaired) electrons. The van der Waals surface area contributed by atoms with E-state index in [4.69, 9.17) is 14.2 Å². The predicted octanol–water partition coefficient (Wildman–Crippen LogP) is 38.6. The summed E-state index contributed by atoms with van der Waals surface area (Å²) in [6.07, 6.45) is 0. The van der Waals surface area contributed by atoms with Crippen LogP contribution < -0.4 is 28.9 Å². The van der Waals surface area contributed by atoms with E-state index in [1.165, 1.54) is 149 Å². The first-order valence-electron chi connectivity index (χ1n) is 50.1. The minimum atomic E-state index is -0.248.